The van der Waals surface area contributed by atoms with Gasteiger partial charge in [-0.1, -0.05) is 66.7 Å². The van der Waals surface area contributed by atoms with Crippen LogP contribution in [0.4, 0.5) is 0 Å². The lowest BCUT2D eigenvalue weighted by atomic mass is 9.95. The van der Waals surface area contributed by atoms with E-state index in [4.69, 9.17) is 0 Å². The summed E-state index contributed by atoms with van der Waals surface area (Å²) in [6.07, 6.45) is 0.940. The molecule has 3 aromatic rings. The van der Waals surface area contributed by atoms with Crippen LogP contribution < -0.4 is 5.32 Å². The van der Waals surface area contributed by atoms with Gasteiger partial charge in [0.2, 0.25) is 0 Å². The van der Waals surface area contributed by atoms with Crippen LogP contribution in [0.25, 0.3) is 11.1 Å². The highest BCUT2D eigenvalue weighted by Crippen LogP contribution is 2.27. The van der Waals surface area contributed by atoms with Crippen molar-refractivity contribution in [1.29, 1.82) is 5.26 Å². The number of hydrogen-bond acceptors (Lipinski definition) is 3. The number of nitriles is 1. The van der Waals surface area contributed by atoms with Crippen LogP contribution in [0.1, 0.15) is 27.9 Å². The number of carbonyl (C=O) groups excluding carboxylic acids is 1. The Morgan fingerprint density at radius 1 is 0.966 bits per heavy atom. The fourth-order valence-electron chi connectivity index (χ4n) is 3.93. The van der Waals surface area contributed by atoms with Crippen LogP contribution >= 0.6 is 0 Å². The number of hydrogen-bond donors (Lipinski definition) is 1. The molecule has 0 bridgehead atoms. The Kier molecular flexibility index (Phi) is 5.69. The Bertz CT molecular complexity index is 1040. The van der Waals surface area contributed by atoms with Gasteiger partial charge in [-0.2, -0.15) is 5.26 Å². The number of rotatable bonds is 5. The molecule has 1 heterocycles. The molecule has 1 aliphatic rings. The molecular formula is C25H23N3O. The Balaban J connectivity index is 1.47. The van der Waals surface area contributed by atoms with Gasteiger partial charge in [0.1, 0.15) is 0 Å². The highest BCUT2D eigenvalue weighted by atomic mass is 16.1. The van der Waals surface area contributed by atoms with Crippen molar-refractivity contribution in [2.75, 3.05) is 13.1 Å². The summed E-state index contributed by atoms with van der Waals surface area (Å²) in [6.45, 7) is 2.72. The van der Waals surface area contributed by atoms with Gasteiger partial charge in [-0.3, -0.25) is 9.69 Å². The molecule has 0 aliphatic carbocycles. The maximum Gasteiger partial charge on any atom is 0.252 e. The third-order valence-corrected chi connectivity index (χ3v) is 5.37. The first-order valence-electron chi connectivity index (χ1n) is 9.90. The van der Waals surface area contributed by atoms with Crippen LogP contribution in [-0.4, -0.2) is 29.9 Å². The molecule has 1 unspecified atom stereocenters. The summed E-state index contributed by atoms with van der Waals surface area (Å²) in [5.74, 6) is -0.0834. The predicted molar refractivity (Wildman–Crippen MR) is 114 cm³/mol. The normalized spacial score (nSPS) is 16.3. The van der Waals surface area contributed by atoms with Crippen molar-refractivity contribution in [3.8, 4) is 17.2 Å². The monoisotopic (exact) mass is 381 g/mol. The van der Waals surface area contributed by atoms with Gasteiger partial charge in [0.25, 0.3) is 5.91 Å². The van der Waals surface area contributed by atoms with Crippen molar-refractivity contribution in [2.24, 2.45) is 0 Å². The average molecular weight is 381 g/mol. The maximum atomic E-state index is 13.0. The molecule has 0 saturated carbocycles. The first-order valence-corrected chi connectivity index (χ1v) is 9.90. The quantitative estimate of drug-likeness (QED) is 0.720. The fraction of sp³-hybridized carbons (Fsp3) is 0.200. The minimum absolute atomic E-state index is 0.0834. The molecule has 4 nitrogen and oxygen atoms in total. The van der Waals surface area contributed by atoms with E-state index in [1.54, 1.807) is 6.07 Å². The highest BCUT2D eigenvalue weighted by Gasteiger charge is 2.25. The van der Waals surface area contributed by atoms with Crippen LogP contribution in [0.3, 0.4) is 0 Å². The number of benzene rings is 3. The first kappa shape index (κ1) is 18.9. The number of nitrogens with one attached hydrogen (secondary N) is 1. The third kappa shape index (κ3) is 4.37. The van der Waals surface area contributed by atoms with Gasteiger partial charge in [0.05, 0.1) is 11.6 Å². The van der Waals surface area contributed by atoms with Crippen LogP contribution in [0.5, 0.6) is 0 Å². The molecule has 144 valence electrons. The van der Waals surface area contributed by atoms with E-state index >= 15 is 0 Å². The van der Waals surface area contributed by atoms with E-state index in [2.05, 4.69) is 40.6 Å². The second-order valence-corrected chi connectivity index (χ2v) is 7.38. The van der Waals surface area contributed by atoms with E-state index in [9.17, 15) is 10.1 Å². The first-order chi connectivity index (χ1) is 14.2. The minimum atomic E-state index is -0.0834. The van der Waals surface area contributed by atoms with E-state index in [1.807, 2.05) is 48.5 Å². The largest absolute Gasteiger partial charge is 0.348 e. The fourth-order valence-corrected chi connectivity index (χ4v) is 3.93. The van der Waals surface area contributed by atoms with Crippen molar-refractivity contribution < 1.29 is 4.79 Å². The smallest absolute Gasteiger partial charge is 0.252 e. The molecule has 29 heavy (non-hydrogen) atoms. The van der Waals surface area contributed by atoms with Crippen LogP contribution in [0, 0.1) is 11.3 Å². The van der Waals surface area contributed by atoms with Gasteiger partial charge >= 0.3 is 0 Å². The molecule has 0 spiro atoms. The number of amides is 1. The van der Waals surface area contributed by atoms with E-state index in [0.717, 1.165) is 37.2 Å². The topological polar surface area (TPSA) is 56.1 Å². The zero-order valence-electron chi connectivity index (χ0n) is 16.2. The summed E-state index contributed by atoms with van der Waals surface area (Å²) in [7, 11) is 0. The van der Waals surface area contributed by atoms with Gasteiger partial charge in [0, 0.05) is 36.8 Å². The number of nitrogens with zero attached hydrogens (tertiary/aromatic N) is 2. The van der Waals surface area contributed by atoms with Gasteiger partial charge < -0.3 is 5.32 Å². The molecular weight excluding hydrogens is 358 g/mol. The second kappa shape index (κ2) is 8.72. The van der Waals surface area contributed by atoms with Crippen LogP contribution in [0.2, 0.25) is 0 Å². The molecule has 4 rings (SSSR count). The average Bonchev–Trinajstić information content (AvgIpc) is 3.21. The van der Waals surface area contributed by atoms with E-state index in [-0.39, 0.29) is 11.9 Å². The number of carbonyl (C=O) groups is 1. The lowest BCUT2D eigenvalue weighted by Crippen LogP contribution is -2.37. The lowest BCUT2D eigenvalue weighted by Gasteiger charge is -2.18. The summed E-state index contributed by atoms with van der Waals surface area (Å²) in [6, 6.07) is 27.7. The molecule has 3 aromatic carbocycles. The molecule has 1 fully saturated rings. The molecule has 1 saturated heterocycles. The molecule has 0 aromatic heterocycles. The molecule has 1 amide bonds. The van der Waals surface area contributed by atoms with Crippen molar-refractivity contribution in [2.45, 2.75) is 19.0 Å². The van der Waals surface area contributed by atoms with Crippen molar-refractivity contribution in [1.82, 2.24) is 10.2 Å². The SMILES string of the molecule is N#Cc1ccccc1-c1ccccc1C(=O)NC1CCN(Cc2ccccc2)C1. The highest BCUT2D eigenvalue weighted by molar-refractivity contribution is 6.01. The number of likely N-dealkylation sites (tertiary alicyclic amines) is 1. The van der Waals surface area contributed by atoms with E-state index < -0.39 is 0 Å². The van der Waals surface area contributed by atoms with Crippen molar-refractivity contribution in [3.63, 3.8) is 0 Å². The second-order valence-electron chi connectivity index (χ2n) is 7.38. The Labute approximate surface area is 171 Å². The zero-order valence-corrected chi connectivity index (χ0v) is 16.2. The molecule has 1 N–H and O–H groups in total. The Hall–Kier alpha value is -3.42. The van der Waals surface area contributed by atoms with E-state index in [0.29, 0.717) is 11.1 Å². The Morgan fingerprint density at radius 2 is 1.66 bits per heavy atom. The lowest BCUT2D eigenvalue weighted by molar-refractivity contribution is 0.0938. The molecule has 4 heteroatoms. The zero-order chi connectivity index (χ0) is 20.1. The molecule has 1 atom stereocenters. The predicted octanol–water partition coefficient (Wildman–Crippen LogP) is 4.23. The van der Waals surface area contributed by atoms with E-state index in [1.165, 1.54) is 5.56 Å². The summed E-state index contributed by atoms with van der Waals surface area (Å²) in [4.78, 5) is 15.4. The summed E-state index contributed by atoms with van der Waals surface area (Å²) in [5, 5.41) is 12.6. The third-order valence-electron chi connectivity index (χ3n) is 5.37. The standard InChI is InChI=1S/C25H23N3O/c26-16-20-10-4-5-11-22(20)23-12-6-7-13-24(23)25(29)27-21-14-15-28(18-21)17-19-8-2-1-3-9-19/h1-13,21H,14-15,17-18H2,(H,27,29). The summed E-state index contributed by atoms with van der Waals surface area (Å²) < 4.78 is 0. The maximum absolute atomic E-state index is 13.0. The van der Waals surface area contributed by atoms with Crippen molar-refractivity contribution >= 4 is 5.91 Å². The van der Waals surface area contributed by atoms with Crippen molar-refractivity contribution in [3.05, 3.63) is 95.6 Å². The van der Waals surface area contributed by atoms with Crippen LogP contribution in [-0.2, 0) is 6.54 Å². The van der Waals surface area contributed by atoms with Gasteiger partial charge in [-0.15, -0.1) is 0 Å². The van der Waals surface area contributed by atoms with Gasteiger partial charge in [-0.25, -0.2) is 0 Å². The van der Waals surface area contributed by atoms with Gasteiger partial charge in [-0.05, 0) is 29.7 Å². The molecule has 0 radical (unpaired) electrons. The minimum Gasteiger partial charge on any atom is -0.348 e. The summed E-state index contributed by atoms with van der Waals surface area (Å²) >= 11 is 0. The molecule has 1 aliphatic heterocycles. The Morgan fingerprint density at radius 3 is 2.45 bits per heavy atom. The van der Waals surface area contributed by atoms with Gasteiger partial charge in [0.15, 0.2) is 0 Å². The summed E-state index contributed by atoms with van der Waals surface area (Å²) in [5.41, 5.74) is 4.05. The van der Waals surface area contributed by atoms with Crippen LogP contribution in [0.15, 0.2) is 78.9 Å².